The van der Waals surface area contributed by atoms with Crippen LogP contribution in [0.1, 0.15) is 11.9 Å². The quantitative estimate of drug-likeness (QED) is 0.681. The number of hydrogen-bond acceptors (Lipinski definition) is 4. The Kier molecular flexibility index (Phi) is 1.53. The highest BCUT2D eigenvalue weighted by Gasteiger charge is 2.25. The Morgan fingerprint density at radius 1 is 1.07 bits per heavy atom. The minimum Gasteiger partial charge on any atom is -0.455 e. The van der Waals surface area contributed by atoms with Gasteiger partial charge in [0, 0.05) is 0 Å². The molecular weight excluding hydrogens is 184 g/mol. The zero-order valence-electron chi connectivity index (χ0n) is 7.30. The minimum absolute atomic E-state index is 0.256. The molecule has 1 aromatic carbocycles. The lowest BCUT2D eigenvalue weighted by Gasteiger charge is -2.12. The molecule has 0 saturated carbocycles. The van der Waals surface area contributed by atoms with Crippen molar-refractivity contribution in [3.05, 3.63) is 36.3 Å². The first-order chi connectivity index (χ1) is 6.95. The van der Waals surface area contributed by atoms with E-state index in [0.29, 0.717) is 5.75 Å². The fourth-order valence-corrected chi connectivity index (χ4v) is 1.52. The number of benzene rings is 1. The van der Waals surface area contributed by atoms with Gasteiger partial charge in [-0.3, -0.25) is 0 Å². The molecule has 0 amide bonds. The van der Waals surface area contributed by atoms with E-state index >= 15 is 0 Å². The van der Waals surface area contributed by atoms with Crippen molar-refractivity contribution in [1.29, 1.82) is 0 Å². The van der Waals surface area contributed by atoms with Crippen LogP contribution in [0.25, 0.3) is 0 Å². The second-order valence-corrected chi connectivity index (χ2v) is 2.96. The van der Waals surface area contributed by atoms with Crippen LogP contribution in [0.2, 0.25) is 0 Å². The van der Waals surface area contributed by atoms with E-state index in [1.807, 2.05) is 18.2 Å². The molecule has 2 aliphatic heterocycles. The predicted molar refractivity (Wildman–Crippen MR) is 46.6 cm³/mol. The molecule has 14 heavy (non-hydrogen) atoms. The number of fused-ring (bicyclic) bond motifs is 1. The Balaban J connectivity index is 2.01. The summed E-state index contributed by atoms with van der Waals surface area (Å²) in [5, 5.41) is 0. The molecule has 1 aromatic rings. The fourth-order valence-electron chi connectivity index (χ4n) is 1.52. The van der Waals surface area contributed by atoms with Gasteiger partial charge in [0.05, 0.1) is 5.56 Å². The van der Waals surface area contributed by atoms with Crippen molar-refractivity contribution in [2.75, 3.05) is 6.79 Å². The van der Waals surface area contributed by atoms with E-state index in [-0.39, 0.29) is 6.79 Å². The molecule has 2 aliphatic rings. The molecule has 0 aromatic heterocycles. The smallest absolute Gasteiger partial charge is 0.270 e. The van der Waals surface area contributed by atoms with Gasteiger partial charge in [0.2, 0.25) is 6.79 Å². The van der Waals surface area contributed by atoms with Crippen molar-refractivity contribution < 1.29 is 18.9 Å². The maximum atomic E-state index is 5.33. The standard InChI is InChI=1S/C10H8O4/c1-2-7(10-11-4-5-12-10)9-8(3-1)13-6-14-9/h1-5,10H,6H2. The van der Waals surface area contributed by atoms with Gasteiger partial charge in [0.1, 0.15) is 12.5 Å². The highest BCUT2D eigenvalue weighted by molar-refractivity contribution is 5.48. The average molecular weight is 192 g/mol. The highest BCUT2D eigenvalue weighted by atomic mass is 16.7. The van der Waals surface area contributed by atoms with Crippen molar-refractivity contribution in [1.82, 2.24) is 0 Å². The molecule has 0 bridgehead atoms. The van der Waals surface area contributed by atoms with E-state index in [9.17, 15) is 0 Å². The Morgan fingerprint density at radius 2 is 1.93 bits per heavy atom. The van der Waals surface area contributed by atoms with Crippen molar-refractivity contribution in [3.8, 4) is 11.5 Å². The lowest BCUT2D eigenvalue weighted by Crippen LogP contribution is -2.00. The topological polar surface area (TPSA) is 36.9 Å². The van der Waals surface area contributed by atoms with Crippen LogP contribution in [-0.4, -0.2) is 6.79 Å². The maximum absolute atomic E-state index is 5.33. The molecule has 0 unspecified atom stereocenters. The van der Waals surface area contributed by atoms with Gasteiger partial charge in [0.15, 0.2) is 11.5 Å². The Bertz CT molecular complexity index is 378. The summed E-state index contributed by atoms with van der Waals surface area (Å²) >= 11 is 0. The molecule has 0 radical (unpaired) electrons. The number of rotatable bonds is 1. The van der Waals surface area contributed by atoms with Crippen molar-refractivity contribution >= 4 is 0 Å². The molecule has 0 atom stereocenters. The van der Waals surface area contributed by atoms with Crippen LogP contribution in [0.3, 0.4) is 0 Å². The summed E-state index contributed by atoms with van der Waals surface area (Å²) < 4.78 is 21.0. The van der Waals surface area contributed by atoms with E-state index in [4.69, 9.17) is 18.9 Å². The van der Waals surface area contributed by atoms with Gasteiger partial charge in [-0.05, 0) is 12.1 Å². The first-order valence-corrected chi connectivity index (χ1v) is 4.29. The molecule has 2 heterocycles. The van der Waals surface area contributed by atoms with Gasteiger partial charge in [-0.25, -0.2) is 0 Å². The van der Waals surface area contributed by atoms with Crippen molar-refractivity contribution in [3.63, 3.8) is 0 Å². The molecule has 3 rings (SSSR count). The van der Waals surface area contributed by atoms with Crippen LogP contribution < -0.4 is 9.47 Å². The Hall–Kier alpha value is -1.84. The highest BCUT2D eigenvalue weighted by Crippen LogP contribution is 2.40. The molecule has 0 saturated heterocycles. The maximum Gasteiger partial charge on any atom is 0.270 e. The number of hydrogen-bond donors (Lipinski definition) is 0. The summed E-state index contributed by atoms with van der Waals surface area (Å²) in [7, 11) is 0. The third kappa shape index (κ3) is 1.00. The molecule has 0 N–H and O–H groups in total. The van der Waals surface area contributed by atoms with Gasteiger partial charge in [-0.1, -0.05) is 6.07 Å². The van der Waals surface area contributed by atoms with Gasteiger partial charge in [-0.2, -0.15) is 0 Å². The lowest BCUT2D eigenvalue weighted by atomic mass is 10.2. The fraction of sp³-hybridized carbons (Fsp3) is 0.200. The van der Waals surface area contributed by atoms with Gasteiger partial charge < -0.3 is 18.9 Å². The van der Waals surface area contributed by atoms with E-state index in [1.54, 1.807) is 0 Å². The molecule has 72 valence electrons. The molecule has 4 heteroatoms. The monoisotopic (exact) mass is 192 g/mol. The van der Waals surface area contributed by atoms with Gasteiger partial charge >= 0.3 is 0 Å². The van der Waals surface area contributed by atoms with Crippen LogP contribution in [0.4, 0.5) is 0 Å². The molecular formula is C10H8O4. The first kappa shape index (κ1) is 7.55. The summed E-state index contributed by atoms with van der Waals surface area (Å²) in [6.45, 7) is 0.256. The molecule has 0 spiro atoms. The van der Waals surface area contributed by atoms with Crippen molar-refractivity contribution in [2.45, 2.75) is 6.29 Å². The minimum atomic E-state index is -0.411. The average Bonchev–Trinajstić information content (AvgIpc) is 2.88. The van der Waals surface area contributed by atoms with E-state index < -0.39 is 6.29 Å². The zero-order valence-corrected chi connectivity index (χ0v) is 7.30. The first-order valence-electron chi connectivity index (χ1n) is 4.29. The summed E-state index contributed by atoms with van der Waals surface area (Å²) in [6.07, 6.45) is 2.62. The Labute approximate surface area is 80.6 Å². The third-order valence-corrected chi connectivity index (χ3v) is 2.14. The lowest BCUT2D eigenvalue weighted by molar-refractivity contribution is -0.0262. The van der Waals surface area contributed by atoms with Crippen molar-refractivity contribution in [2.24, 2.45) is 0 Å². The van der Waals surface area contributed by atoms with E-state index in [2.05, 4.69) is 0 Å². The van der Waals surface area contributed by atoms with Gasteiger partial charge in [-0.15, -0.1) is 0 Å². The molecule has 0 fully saturated rings. The second kappa shape index (κ2) is 2.83. The zero-order chi connectivity index (χ0) is 9.38. The largest absolute Gasteiger partial charge is 0.455 e. The van der Waals surface area contributed by atoms with Crippen LogP contribution in [0.15, 0.2) is 30.7 Å². The van der Waals surface area contributed by atoms with Crippen LogP contribution in [-0.2, 0) is 9.47 Å². The Morgan fingerprint density at radius 3 is 2.79 bits per heavy atom. The normalized spacial score (nSPS) is 18.0. The van der Waals surface area contributed by atoms with Crippen LogP contribution in [0.5, 0.6) is 11.5 Å². The van der Waals surface area contributed by atoms with Crippen LogP contribution in [0, 0.1) is 0 Å². The number of ether oxygens (including phenoxy) is 4. The molecule has 4 nitrogen and oxygen atoms in total. The SMILES string of the molecule is C1=COC(c2cccc3c2OCO3)O1. The summed E-state index contributed by atoms with van der Waals surface area (Å²) in [6, 6.07) is 5.63. The van der Waals surface area contributed by atoms with Gasteiger partial charge in [0.25, 0.3) is 6.29 Å². The summed E-state index contributed by atoms with van der Waals surface area (Å²) in [4.78, 5) is 0. The second-order valence-electron chi connectivity index (χ2n) is 2.96. The predicted octanol–water partition coefficient (Wildman–Crippen LogP) is 1.93. The third-order valence-electron chi connectivity index (χ3n) is 2.14. The number of para-hydroxylation sites is 1. The summed E-state index contributed by atoms with van der Waals surface area (Å²) in [5.41, 5.74) is 0.852. The van der Waals surface area contributed by atoms with E-state index in [1.165, 1.54) is 12.5 Å². The summed E-state index contributed by atoms with van der Waals surface area (Å²) in [5.74, 6) is 1.45. The molecule has 0 aliphatic carbocycles. The van der Waals surface area contributed by atoms with E-state index in [0.717, 1.165) is 11.3 Å². The van der Waals surface area contributed by atoms with Crippen LogP contribution >= 0.6 is 0 Å².